The molecular weight excluding hydrogens is 384 g/mol. The maximum Gasteiger partial charge on any atom is 0.242 e. The molecule has 1 atom stereocenters. The van der Waals surface area contributed by atoms with Crippen molar-refractivity contribution in [2.75, 3.05) is 0 Å². The van der Waals surface area contributed by atoms with Crippen LogP contribution in [-0.2, 0) is 17.9 Å². The molecule has 4 aromatic heterocycles. The van der Waals surface area contributed by atoms with Crippen molar-refractivity contribution in [3.63, 3.8) is 0 Å². The van der Waals surface area contributed by atoms with Gasteiger partial charge >= 0.3 is 0 Å². The maximum atomic E-state index is 12.6. The molecule has 1 N–H and O–H groups in total. The van der Waals surface area contributed by atoms with Crippen LogP contribution in [0.15, 0.2) is 35.8 Å². The predicted molar refractivity (Wildman–Crippen MR) is 115 cm³/mol. The highest BCUT2D eigenvalue weighted by molar-refractivity contribution is 7.13. The SMILES string of the molecule is Cc1cc(C)n(CC(C)NC(=O)Cn2nc(C)c3c(-c4cccs4)ccnc32)n1. The molecule has 8 heteroatoms. The van der Waals surface area contributed by atoms with Gasteiger partial charge in [-0.3, -0.25) is 9.48 Å². The van der Waals surface area contributed by atoms with Crippen LogP contribution in [0.3, 0.4) is 0 Å². The Hall–Kier alpha value is -3.00. The Morgan fingerprint density at radius 1 is 1.21 bits per heavy atom. The largest absolute Gasteiger partial charge is 0.350 e. The molecule has 0 aromatic carbocycles. The van der Waals surface area contributed by atoms with Gasteiger partial charge in [0.05, 0.1) is 23.3 Å². The third-order valence-electron chi connectivity index (χ3n) is 4.85. The third kappa shape index (κ3) is 3.93. The van der Waals surface area contributed by atoms with Crippen molar-refractivity contribution < 1.29 is 4.79 Å². The van der Waals surface area contributed by atoms with Crippen LogP contribution in [0.4, 0.5) is 0 Å². The lowest BCUT2D eigenvalue weighted by Gasteiger charge is -2.15. The van der Waals surface area contributed by atoms with E-state index in [4.69, 9.17) is 0 Å². The predicted octanol–water partition coefficient (Wildman–Crippen LogP) is 3.49. The molecule has 0 saturated carbocycles. The van der Waals surface area contributed by atoms with Crippen molar-refractivity contribution >= 4 is 28.3 Å². The quantitative estimate of drug-likeness (QED) is 0.530. The van der Waals surface area contributed by atoms with Crippen molar-refractivity contribution in [3.8, 4) is 10.4 Å². The van der Waals surface area contributed by atoms with Crippen molar-refractivity contribution in [2.24, 2.45) is 0 Å². The molecule has 0 fully saturated rings. The van der Waals surface area contributed by atoms with Crippen LogP contribution >= 0.6 is 11.3 Å². The number of fused-ring (bicyclic) bond motifs is 1. The van der Waals surface area contributed by atoms with Gasteiger partial charge in [0.15, 0.2) is 5.65 Å². The van der Waals surface area contributed by atoms with E-state index in [2.05, 4.69) is 31.9 Å². The number of aryl methyl sites for hydroxylation is 3. The third-order valence-corrected chi connectivity index (χ3v) is 5.75. The zero-order valence-corrected chi connectivity index (χ0v) is 17.8. The minimum Gasteiger partial charge on any atom is -0.350 e. The number of nitrogens with zero attached hydrogens (tertiary/aromatic N) is 5. The van der Waals surface area contributed by atoms with E-state index < -0.39 is 0 Å². The highest BCUT2D eigenvalue weighted by Gasteiger charge is 2.17. The first-order valence-electron chi connectivity index (χ1n) is 9.59. The van der Waals surface area contributed by atoms with Crippen molar-refractivity contribution in [1.82, 2.24) is 29.9 Å². The van der Waals surface area contributed by atoms with E-state index in [1.165, 1.54) is 4.88 Å². The fourth-order valence-electron chi connectivity index (χ4n) is 3.65. The number of thiophene rings is 1. The lowest BCUT2D eigenvalue weighted by atomic mass is 10.1. The van der Waals surface area contributed by atoms with E-state index in [0.29, 0.717) is 6.54 Å². The molecular formula is C21H24N6OS. The van der Waals surface area contributed by atoms with Gasteiger partial charge in [0.2, 0.25) is 5.91 Å². The lowest BCUT2D eigenvalue weighted by Crippen LogP contribution is -2.38. The molecule has 0 aliphatic carbocycles. The molecule has 0 aliphatic rings. The number of rotatable bonds is 6. The number of amides is 1. The summed E-state index contributed by atoms with van der Waals surface area (Å²) >= 11 is 1.68. The highest BCUT2D eigenvalue weighted by Crippen LogP contribution is 2.32. The van der Waals surface area contributed by atoms with Crippen LogP contribution in [0, 0.1) is 20.8 Å². The van der Waals surface area contributed by atoms with Crippen LogP contribution in [0.5, 0.6) is 0 Å². The minimum atomic E-state index is -0.0910. The summed E-state index contributed by atoms with van der Waals surface area (Å²) < 4.78 is 3.61. The van der Waals surface area contributed by atoms with E-state index in [9.17, 15) is 4.79 Å². The average molecular weight is 409 g/mol. The average Bonchev–Trinajstić information content (AvgIpc) is 3.36. The number of carbonyl (C=O) groups excluding carboxylic acids is 1. The van der Waals surface area contributed by atoms with Crippen LogP contribution in [0.25, 0.3) is 21.5 Å². The van der Waals surface area contributed by atoms with Gasteiger partial charge in [0.1, 0.15) is 6.54 Å². The molecule has 0 aliphatic heterocycles. The zero-order chi connectivity index (χ0) is 20.5. The summed E-state index contributed by atoms with van der Waals surface area (Å²) in [5.41, 5.74) is 4.77. The molecule has 0 spiro atoms. The van der Waals surface area contributed by atoms with E-state index in [1.807, 2.05) is 50.6 Å². The van der Waals surface area contributed by atoms with Gasteiger partial charge in [-0.15, -0.1) is 11.3 Å². The van der Waals surface area contributed by atoms with Gasteiger partial charge in [-0.05, 0) is 51.3 Å². The van der Waals surface area contributed by atoms with Gasteiger partial charge in [-0.25, -0.2) is 9.67 Å². The fourth-order valence-corrected chi connectivity index (χ4v) is 4.41. The first kappa shape index (κ1) is 19.3. The number of carbonyl (C=O) groups is 1. The van der Waals surface area contributed by atoms with E-state index >= 15 is 0 Å². The number of pyridine rings is 1. The molecule has 7 nitrogen and oxygen atoms in total. The summed E-state index contributed by atoms with van der Waals surface area (Å²) in [5, 5.41) is 15.1. The fraction of sp³-hybridized carbons (Fsp3) is 0.333. The molecule has 0 saturated heterocycles. The second kappa shape index (κ2) is 7.79. The molecule has 4 aromatic rings. The Labute approximate surface area is 173 Å². The second-order valence-corrected chi connectivity index (χ2v) is 8.30. The normalized spacial score (nSPS) is 12.4. The van der Waals surface area contributed by atoms with Crippen LogP contribution in [0.1, 0.15) is 24.0 Å². The van der Waals surface area contributed by atoms with E-state index in [-0.39, 0.29) is 18.5 Å². The summed E-state index contributed by atoms with van der Waals surface area (Å²) in [5.74, 6) is -0.0910. The number of hydrogen-bond donors (Lipinski definition) is 1. The van der Waals surface area contributed by atoms with Crippen molar-refractivity contribution in [3.05, 3.63) is 52.9 Å². The topological polar surface area (TPSA) is 77.6 Å². The Kier molecular flexibility index (Phi) is 5.19. The van der Waals surface area contributed by atoms with Gasteiger partial charge < -0.3 is 5.32 Å². The second-order valence-electron chi connectivity index (χ2n) is 7.36. The summed E-state index contributed by atoms with van der Waals surface area (Å²) in [4.78, 5) is 18.3. The molecule has 0 radical (unpaired) electrons. The van der Waals surface area contributed by atoms with E-state index in [0.717, 1.165) is 33.7 Å². The number of aromatic nitrogens is 5. The Balaban J connectivity index is 1.51. The molecule has 1 amide bonds. The molecule has 4 heterocycles. The minimum absolute atomic E-state index is 0.0435. The molecule has 0 bridgehead atoms. The smallest absolute Gasteiger partial charge is 0.242 e. The van der Waals surface area contributed by atoms with Crippen LogP contribution in [0.2, 0.25) is 0 Å². The summed E-state index contributed by atoms with van der Waals surface area (Å²) in [6.07, 6.45) is 1.78. The molecule has 4 rings (SSSR count). The maximum absolute atomic E-state index is 12.6. The molecule has 150 valence electrons. The number of hydrogen-bond acceptors (Lipinski definition) is 5. The summed E-state index contributed by atoms with van der Waals surface area (Å²) in [6.45, 7) is 8.69. The molecule has 29 heavy (non-hydrogen) atoms. The standard InChI is InChI=1S/C21H24N6OS/c1-13-10-15(3)26(24-13)11-14(2)23-19(28)12-27-21-20(16(4)25-27)17(7-8-22-21)18-6-5-9-29-18/h5-10,14H,11-12H2,1-4H3,(H,23,28). The van der Waals surface area contributed by atoms with Crippen LogP contribution in [-0.4, -0.2) is 36.5 Å². The monoisotopic (exact) mass is 408 g/mol. The molecule has 1 unspecified atom stereocenters. The van der Waals surface area contributed by atoms with Crippen LogP contribution < -0.4 is 5.32 Å². The Bertz CT molecular complexity index is 1160. The summed E-state index contributed by atoms with van der Waals surface area (Å²) in [6, 6.07) is 8.11. The highest BCUT2D eigenvalue weighted by atomic mass is 32.1. The van der Waals surface area contributed by atoms with Gasteiger partial charge in [-0.2, -0.15) is 10.2 Å². The number of nitrogens with one attached hydrogen (secondary N) is 1. The Morgan fingerprint density at radius 3 is 2.72 bits per heavy atom. The van der Waals surface area contributed by atoms with E-state index in [1.54, 1.807) is 22.2 Å². The van der Waals surface area contributed by atoms with Gasteiger partial charge in [0.25, 0.3) is 0 Å². The van der Waals surface area contributed by atoms with Crippen molar-refractivity contribution in [2.45, 2.75) is 46.8 Å². The Morgan fingerprint density at radius 2 is 2.03 bits per heavy atom. The lowest BCUT2D eigenvalue weighted by molar-refractivity contribution is -0.122. The summed E-state index contributed by atoms with van der Waals surface area (Å²) in [7, 11) is 0. The van der Waals surface area contributed by atoms with Gasteiger partial charge in [-0.1, -0.05) is 6.07 Å². The first-order valence-corrected chi connectivity index (χ1v) is 10.5. The van der Waals surface area contributed by atoms with Gasteiger partial charge in [0, 0.05) is 28.4 Å². The zero-order valence-electron chi connectivity index (χ0n) is 17.0. The van der Waals surface area contributed by atoms with Crippen molar-refractivity contribution in [1.29, 1.82) is 0 Å². The first-order chi connectivity index (χ1) is 13.9.